The number of aliphatic hydroxyl groups is 1. The third-order valence-electron chi connectivity index (χ3n) is 2.05. The summed E-state index contributed by atoms with van der Waals surface area (Å²) in [6.45, 7) is 3.91. The van der Waals surface area contributed by atoms with Crippen molar-refractivity contribution in [2.24, 2.45) is 0 Å². The maximum absolute atomic E-state index is 12.3. The van der Waals surface area contributed by atoms with Gasteiger partial charge in [0.2, 0.25) is 0 Å². The molecule has 19 heavy (non-hydrogen) atoms. The third-order valence-corrected chi connectivity index (χ3v) is 2.49. The number of rotatable bonds is 4. The van der Waals surface area contributed by atoms with Crippen molar-refractivity contribution in [1.29, 1.82) is 0 Å². The zero-order chi connectivity index (χ0) is 15.6. The van der Waals surface area contributed by atoms with Crippen LogP contribution in [0.5, 0.6) is 0 Å². The molecule has 0 saturated heterocycles. The first-order valence-electron chi connectivity index (χ1n) is 4.63. The first-order valence-corrected chi connectivity index (χ1v) is 5.71. The fourth-order valence-corrected chi connectivity index (χ4v) is 1.22. The minimum atomic E-state index is -5.94. The average molecular weight is 406 g/mol. The van der Waals surface area contributed by atoms with Gasteiger partial charge in [0.25, 0.3) is 5.60 Å². The standard InChI is InChI=1S/C9H9F6IO3/c1-4(19-6(17)5(2)16)3-7(18,8(10,11)12)9(13,14)15/h4,18H,2-3H2,1H3. The predicted molar refractivity (Wildman–Crippen MR) is 60.4 cm³/mol. The Labute approximate surface area is 117 Å². The van der Waals surface area contributed by atoms with Crippen LogP contribution in [0.3, 0.4) is 0 Å². The van der Waals surface area contributed by atoms with Crippen LogP contribution in [0.1, 0.15) is 13.3 Å². The lowest BCUT2D eigenvalue weighted by Gasteiger charge is -2.33. The summed E-state index contributed by atoms with van der Waals surface area (Å²) in [5, 5.41) is 8.84. The molecule has 0 aliphatic rings. The highest BCUT2D eigenvalue weighted by atomic mass is 127. The molecule has 112 valence electrons. The highest BCUT2D eigenvalue weighted by molar-refractivity contribution is 14.1. The molecule has 0 bridgehead atoms. The molecule has 0 aromatic carbocycles. The summed E-state index contributed by atoms with van der Waals surface area (Å²) in [5.74, 6) is -1.15. The number of carbonyl (C=O) groups excluding carboxylic acids is 1. The Hall–Kier alpha value is -0.520. The van der Waals surface area contributed by atoms with E-state index in [9.17, 15) is 31.1 Å². The van der Waals surface area contributed by atoms with Gasteiger partial charge in [-0.2, -0.15) is 26.3 Å². The Morgan fingerprint density at radius 1 is 1.26 bits per heavy atom. The van der Waals surface area contributed by atoms with Crippen molar-refractivity contribution in [3.63, 3.8) is 0 Å². The normalized spacial score (nSPS) is 15.0. The molecule has 0 radical (unpaired) electrons. The highest BCUT2D eigenvalue weighted by Gasteiger charge is 2.70. The van der Waals surface area contributed by atoms with Gasteiger partial charge in [-0.25, -0.2) is 4.79 Å². The van der Waals surface area contributed by atoms with Crippen LogP contribution in [0.25, 0.3) is 0 Å². The van der Waals surface area contributed by atoms with E-state index in [1.807, 2.05) is 0 Å². The average Bonchev–Trinajstić information content (AvgIpc) is 2.13. The fourth-order valence-electron chi connectivity index (χ4n) is 1.10. The molecule has 1 atom stereocenters. The van der Waals surface area contributed by atoms with Crippen LogP contribution in [0.15, 0.2) is 10.2 Å². The van der Waals surface area contributed by atoms with Crippen molar-refractivity contribution >= 4 is 28.6 Å². The molecule has 0 rings (SSSR count). The molecule has 0 aromatic heterocycles. The number of halogens is 7. The Kier molecular flexibility index (Phi) is 5.69. The van der Waals surface area contributed by atoms with Gasteiger partial charge in [-0.15, -0.1) is 0 Å². The van der Waals surface area contributed by atoms with E-state index >= 15 is 0 Å². The number of alkyl halides is 6. The molecule has 0 aliphatic carbocycles. The lowest BCUT2D eigenvalue weighted by Crippen LogP contribution is -2.58. The van der Waals surface area contributed by atoms with Gasteiger partial charge in [0.15, 0.2) is 0 Å². The minimum absolute atomic E-state index is 0.216. The number of esters is 1. The molecule has 3 nitrogen and oxygen atoms in total. The number of ether oxygens (including phenoxy) is 1. The molecule has 1 N–H and O–H groups in total. The van der Waals surface area contributed by atoms with Crippen molar-refractivity contribution in [1.82, 2.24) is 0 Å². The van der Waals surface area contributed by atoms with Crippen molar-refractivity contribution in [2.75, 3.05) is 0 Å². The van der Waals surface area contributed by atoms with Gasteiger partial charge in [0.1, 0.15) is 6.10 Å². The Bertz CT molecular complexity index is 348. The van der Waals surface area contributed by atoms with E-state index in [-0.39, 0.29) is 3.58 Å². The molecule has 10 heteroatoms. The Balaban J connectivity index is 5.07. The molecule has 0 spiro atoms. The van der Waals surface area contributed by atoms with Gasteiger partial charge in [-0.05, 0) is 29.5 Å². The van der Waals surface area contributed by atoms with Crippen LogP contribution >= 0.6 is 22.6 Å². The molecule has 1 unspecified atom stereocenters. The van der Waals surface area contributed by atoms with Crippen LogP contribution in [-0.4, -0.2) is 35.1 Å². The van der Waals surface area contributed by atoms with Crippen molar-refractivity contribution < 1.29 is 41.0 Å². The van der Waals surface area contributed by atoms with Crippen LogP contribution in [0.4, 0.5) is 26.3 Å². The van der Waals surface area contributed by atoms with Crippen LogP contribution in [0.2, 0.25) is 0 Å². The summed E-state index contributed by atoms with van der Waals surface area (Å²) in [5.41, 5.74) is -4.94. The SMILES string of the molecule is C=C(I)C(=O)OC(C)CC(O)(C(F)(F)F)C(F)(F)F. The van der Waals surface area contributed by atoms with E-state index in [0.717, 1.165) is 6.92 Å². The van der Waals surface area contributed by atoms with E-state index in [4.69, 9.17) is 5.11 Å². The number of hydrogen-bond acceptors (Lipinski definition) is 3. The maximum atomic E-state index is 12.3. The minimum Gasteiger partial charge on any atom is -0.459 e. The van der Waals surface area contributed by atoms with E-state index in [1.54, 1.807) is 0 Å². The maximum Gasteiger partial charge on any atom is 0.426 e. The van der Waals surface area contributed by atoms with Gasteiger partial charge in [-0.1, -0.05) is 6.58 Å². The molecule has 0 aliphatic heterocycles. The summed E-state index contributed by atoms with van der Waals surface area (Å²) in [7, 11) is 0. The topological polar surface area (TPSA) is 46.5 Å². The second kappa shape index (κ2) is 5.85. The van der Waals surface area contributed by atoms with Gasteiger partial charge in [-0.3, -0.25) is 0 Å². The molecule has 0 amide bonds. The first-order chi connectivity index (χ1) is 8.22. The van der Waals surface area contributed by atoms with Crippen LogP contribution in [0, 0.1) is 0 Å². The summed E-state index contributed by atoms with van der Waals surface area (Å²) in [4.78, 5) is 11.0. The van der Waals surface area contributed by atoms with E-state index < -0.39 is 36.4 Å². The second-order valence-electron chi connectivity index (χ2n) is 3.68. The quantitative estimate of drug-likeness (QED) is 0.338. The predicted octanol–water partition coefficient (Wildman–Crippen LogP) is 3.11. The van der Waals surface area contributed by atoms with Gasteiger partial charge in [0, 0.05) is 6.42 Å². The van der Waals surface area contributed by atoms with E-state index in [1.165, 1.54) is 22.6 Å². The van der Waals surface area contributed by atoms with E-state index in [2.05, 4.69) is 11.3 Å². The number of carbonyl (C=O) groups is 1. The van der Waals surface area contributed by atoms with Crippen LogP contribution in [-0.2, 0) is 9.53 Å². The van der Waals surface area contributed by atoms with Crippen molar-refractivity contribution in [3.8, 4) is 0 Å². The van der Waals surface area contributed by atoms with Gasteiger partial charge in [0.05, 0.1) is 3.58 Å². The summed E-state index contributed by atoms with van der Waals surface area (Å²) in [6.07, 6.45) is -15.5. The lowest BCUT2D eigenvalue weighted by atomic mass is 9.95. The number of hydrogen-bond donors (Lipinski definition) is 1. The molecule has 0 fully saturated rings. The Morgan fingerprint density at radius 3 is 1.89 bits per heavy atom. The lowest BCUT2D eigenvalue weighted by molar-refractivity contribution is -0.373. The fraction of sp³-hybridized carbons (Fsp3) is 0.667. The second-order valence-corrected chi connectivity index (χ2v) is 4.98. The zero-order valence-corrected chi connectivity index (χ0v) is 11.6. The van der Waals surface area contributed by atoms with Gasteiger partial charge < -0.3 is 9.84 Å². The zero-order valence-electron chi connectivity index (χ0n) is 9.40. The molecular weight excluding hydrogens is 397 g/mol. The van der Waals surface area contributed by atoms with Crippen molar-refractivity contribution in [2.45, 2.75) is 37.4 Å². The molecular formula is C9H9F6IO3. The molecule has 0 saturated carbocycles. The monoisotopic (exact) mass is 406 g/mol. The molecule has 0 aromatic rings. The Morgan fingerprint density at radius 2 is 1.63 bits per heavy atom. The highest BCUT2D eigenvalue weighted by Crippen LogP contribution is 2.46. The van der Waals surface area contributed by atoms with E-state index in [0.29, 0.717) is 0 Å². The third kappa shape index (κ3) is 4.51. The summed E-state index contributed by atoms with van der Waals surface area (Å²) >= 11 is 1.40. The van der Waals surface area contributed by atoms with Crippen molar-refractivity contribution in [3.05, 3.63) is 10.2 Å². The summed E-state index contributed by atoms with van der Waals surface area (Å²) < 4.78 is 78.0. The van der Waals surface area contributed by atoms with Gasteiger partial charge >= 0.3 is 18.3 Å². The molecule has 0 heterocycles. The first kappa shape index (κ1) is 18.5. The smallest absolute Gasteiger partial charge is 0.426 e. The largest absolute Gasteiger partial charge is 0.459 e. The summed E-state index contributed by atoms with van der Waals surface area (Å²) in [6, 6.07) is 0. The van der Waals surface area contributed by atoms with Crippen LogP contribution < -0.4 is 0 Å².